The first-order chi connectivity index (χ1) is 9.71. The number of nitrogens with zero attached hydrogens (tertiary/aromatic N) is 3. The number of rotatable bonds is 7. The minimum atomic E-state index is 0. The second-order valence-electron chi connectivity index (χ2n) is 5.86. The number of nitrogens with one attached hydrogen (secondary N) is 1. The Kier molecular flexibility index (Phi) is 12.5. The van der Waals surface area contributed by atoms with Crippen molar-refractivity contribution in [1.29, 1.82) is 0 Å². The van der Waals surface area contributed by atoms with Crippen LogP contribution in [0, 0.1) is 5.92 Å². The summed E-state index contributed by atoms with van der Waals surface area (Å²) in [6.07, 6.45) is 3.87. The smallest absolute Gasteiger partial charge is 0.193 e. The van der Waals surface area contributed by atoms with Crippen molar-refractivity contribution in [2.24, 2.45) is 10.9 Å². The Morgan fingerprint density at radius 3 is 2.62 bits per heavy atom. The maximum atomic E-state index is 4.83. The summed E-state index contributed by atoms with van der Waals surface area (Å²) < 4.78 is 0. The van der Waals surface area contributed by atoms with Crippen LogP contribution in [-0.4, -0.2) is 61.6 Å². The minimum Gasteiger partial charge on any atom is -0.357 e. The van der Waals surface area contributed by atoms with Crippen molar-refractivity contribution in [2.75, 3.05) is 45.8 Å². The number of likely N-dealkylation sites (tertiary alicyclic amines) is 1. The van der Waals surface area contributed by atoms with E-state index >= 15 is 0 Å². The van der Waals surface area contributed by atoms with Crippen LogP contribution in [0.15, 0.2) is 4.99 Å². The van der Waals surface area contributed by atoms with Crippen LogP contribution in [-0.2, 0) is 0 Å². The van der Waals surface area contributed by atoms with Crippen LogP contribution >= 0.6 is 24.0 Å². The summed E-state index contributed by atoms with van der Waals surface area (Å²) in [7, 11) is 0. The van der Waals surface area contributed by atoms with Gasteiger partial charge < -0.3 is 15.1 Å². The van der Waals surface area contributed by atoms with Gasteiger partial charge in [-0.3, -0.25) is 4.99 Å². The van der Waals surface area contributed by atoms with Crippen molar-refractivity contribution in [2.45, 2.75) is 47.0 Å². The van der Waals surface area contributed by atoms with Gasteiger partial charge in [0.15, 0.2) is 5.96 Å². The third kappa shape index (κ3) is 8.24. The normalized spacial score (nSPS) is 19.6. The summed E-state index contributed by atoms with van der Waals surface area (Å²) in [5, 5.41) is 3.45. The number of piperidine rings is 1. The van der Waals surface area contributed by atoms with Crippen molar-refractivity contribution in [3.63, 3.8) is 0 Å². The van der Waals surface area contributed by atoms with Gasteiger partial charge in [-0.05, 0) is 45.2 Å². The van der Waals surface area contributed by atoms with Gasteiger partial charge >= 0.3 is 0 Å². The quantitative estimate of drug-likeness (QED) is 0.398. The molecule has 0 radical (unpaired) electrons. The van der Waals surface area contributed by atoms with Crippen molar-refractivity contribution < 1.29 is 0 Å². The molecule has 1 atom stereocenters. The highest BCUT2D eigenvalue weighted by molar-refractivity contribution is 14.0. The summed E-state index contributed by atoms with van der Waals surface area (Å²) >= 11 is 0. The van der Waals surface area contributed by atoms with E-state index in [2.05, 4.69) is 42.8 Å². The van der Waals surface area contributed by atoms with Crippen LogP contribution in [0.5, 0.6) is 0 Å². The summed E-state index contributed by atoms with van der Waals surface area (Å²) in [5.74, 6) is 1.91. The van der Waals surface area contributed by atoms with E-state index in [-0.39, 0.29) is 24.0 Å². The third-order valence-electron chi connectivity index (χ3n) is 3.96. The van der Waals surface area contributed by atoms with Crippen LogP contribution in [0.3, 0.4) is 0 Å². The van der Waals surface area contributed by atoms with Crippen LogP contribution < -0.4 is 5.32 Å². The van der Waals surface area contributed by atoms with E-state index in [9.17, 15) is 0 Å². The molecule has 1 aliphatic rings. The van der Waals surface area contributed by atoms with E-state index in [1.54, 1.807) is 0 Å². The lowest BCUT2D eigenvalue weighted by Crippen LogP contribution is -2.46. The van der Waals surface area contributed by atoms with Gasteiger partial charge in [0.2, 0.25) is 0 Å². The summed E-state index contributed by atoms with van der Waals surface area (Å²) in [4.78, 5) is 9.75. The van der Waals surface area contributed by atoms with Crippen LogP contribution in [0.4, 0.5) is 0 Å². The maximum Gasteiger partial charge on any atom is 0.193 e. The third-order valence-corrected chi connectivity index (χ3v) is 3.96. The van der Waals surface area contributed by atoms with Gasteiger partial charge in [0.05, 0.1) is 6.54 Å². The topological polar surface area (TPSA) is 30.9 Å². The van der Waals surface area contributed by atoms with E-state index in [4.69, 9.17) is 4.99 Å². The van der Waals surface area contributed by atoms with Crippen LogP contribution in [0.25, 0.3) is 0 Å². The van der Waals surface area contributed by atoms with E-state index in [0.717, 1.165) is 51.1 Å². The molecule has 1 heterocycles. The van der Waals surface area contributed by atoms with Gasteiger partial charge in [0.25, 0.3) is 0 Å². The monoisotopic (exact) mass is 410 g/mol. The molecule has 0 aliphatic carbocycles. The Morgan fingerprint density at radius 1 is 1.29 bits per heavy atom. The fourth-order valence-corrected chi connectivity index (χ4v) is 2.85. The Labute approximate surface area is 148 Å². The molecule has 21 heavy (non-hydrogen) atoms. The zero-order valence-corrected chi connectivity index (χ0v) is 16.7. The SMILES string of the molecule is CCCN(CC)CCN=C(NCC)N1CCCC(C)C1.I. The highest BCUT2D eigenvalue weighted by atomic mass is 127. The molecule has 1 fully saturated rings. The van der Waals surface area contributed by atoms with Crippen molar-refractivity contribution >= 4 is 29.9 Å². The number of halogens is 1. The fourth-order valence-electron chi connectivity index (χ4n) is 2.85. The van der Waals surface area contributed by atoms with Crippen LogP contribution in [0.2, 0.25) is 0 Å². The first kappa shape index (κ1) is 21.0. The molecular formula is C16H35IN4. The molecule has 4 nitrogen and oxygen atoms in total. The van der Waals surface area contributed by atoms with Gasteiger partial charge in [-0.15, -0.1) is 24.0 Å². The summed E-state index contributed by atoms with van der Waals surface area (Å²) in [6.45, 7) is 16.5. The Balaban J connectivity index is 0.00000400. The van der Waals surface area contributed by atoms with Gasteiger partial charge in [-0.2, -0.15) is 0 Å². The van der Waals surface area contributed by atoms with Gasteiger partial charge in [-0.25, -0.2) is 0 Å². The first-order valence-electron chi connectivity index (χ1n) is 8.46. The molecule has 0 saturated carbocycles. The number of aliphatic imine (C=N–C) groups is 1. The number of hydrogen-bond donors (Lipinski definition) is 1. The molecule has 0 amide bonds. The molecule has 1 aliphatic heterocycles. The minimum absolute atomic E-state index is 0. The van der Waals surface area contributed by atoms with E-state index in [1.807, 2.05) is 0 Å². The molecule has 1 unspecified atom stereocenters. The Bertz CT molecular complexity index is 283. The lowest BCUT2D eigenvalue weighted by atomic mass is 10.0. The molecule has 0 bridgehead atoms. The van der Waals surface area contributed by atoms with Crippen molar-refractivity contribution in [1.82, 2.24) is 15.1 Å². The molecule has 126 valence electrons. The zero-order chi connectivity index (χ0) is 14.8. The highest BCUT2D eigenvalue weighted by Gasteiger charge is 2.18. The average molecular weight is 410 g/mol. The molecular weight excluding hydrogens is 375 g/mol. The standard InChI is InChI=1S/C16H34N4.HI/c1-5-11-19(7-3)13-10-18-16(17-6-2)20-12-8-9-15(4)14-20;/h15H,5-14H2,1-4H3,(H,17,18);1H. The van der Waals surface area contributed by atoms with Gasteiger partial charge in [-0.1, -0.05) is 20.8 Å². The molecule has 1 N–H and O–H groups in total. The first-order valence-corrected chi connectivity index (χ1v) is 8.46. The van der Waals surface area contributed by atoms with E-state index in [1.165, 1.54) is 25.8 Å². The molecule has 0 aromatic rings. The Hall–Kier alpha value is -0.0400. The van der Waals surface area contributed by atoms with Crippen molar-refractivity contribution in [3.8, 4) is 0 Å². The summed E-state index contributed by atoms with van der Waals surface area (Å²) in [6, 6.07) is 0. The molecule has 0 aromatic carbocycles. The predicted molar refractivity (Wildman–Crippen MR) is 104 cm³/mol. The van der Waals surface area contributed by atoms with Crippen molar-refractivity contribution in [3.05, 3.63) is 0 Å². The highest BCUT2D eigenvalue weighted by Crippen LogP contribution is 2.15. The van der Waals surface area contributed by atoms with E-state index in [0.29, 0.717) is 0 Å². The lowest BCUT2D eigenvalue weighted by molar-refractivity contribution is 0.264. The Morgan fingerprint density at radius 2 is 2.05 bits per heavy atom. The second-order valence-corrected chi connectivity index (χ2v) is 5.86. The summed E-state index contributed by atoms with van der Waals surface area (Å²) in [5.41, 5.74) is 0. The zero-order valence-electron chi connectivity index (χ0n) is 14.4. The maximum absolute atomic E-state index is 4.83. The van der Waals surface area contributed by atoms with E-state index < -0.39 is 0 Å². The molecule has 1 saturated heterocycles. The molecule has 5 heteroatoms. The second kappa shape index (κ2) is 12.5. The molecule has 0 aromatic heterocycles. The number of likely N-dealkylation sites (N-methyl/N-ethyl adjacent to an activating group) is 1. The molecule has 1 rings (SSSR count). The van der Waals surface area contributed by atoms with Crippen LogP contribution in [0.1, 0.15) is 47.0 Å². The molecule has 0 spiro atoms. The lowest BCUT2D eigenvalue weighted by Gasteiger charge is -2.33. The number of hydrogen-bond acceptors (Lipinski definition) is 2. The fraction of sp³-hybridized carbons (Fsp3) is 0.938. The predicted octanol–water partition coefficient (Wildman–Crippen LogP) is 3.03. The average Bonchev–Trinajstić information content (AvgIpc) is 2.45. The largest absolute Gasteiger partial charge is 0.357 e. The van der Waals surface area contributed by atoms with Gasteiger partial charge in [0.1, 0.15) is 0 Å². The van der Waals surface area contributed by atoms with Gasteiger partial charge in [0, 0.05) is 26.2 Å². The number of guanidine groups is 1.